The summed E-state index contributed by atoms with van der Waals surface area (Å²) >= 11 is 0. The van der Waals surface area contributed by atoms with Gasteiger partial charge in [0.1, 0.15) is 5.82 Å². The van der Waals surface area contributed by atoms with Gasteiger partial charge in [0.2, 0.25) is 0 Å². The highest BCUT2D eigenvalue weighted by atomic mass is 16.2. The van der Waals surface area contributed by atoms with E-state index in [2.05, 4.69) is 29.2 Å². The number of aliphatic hydroxyl groups excluding tert-OH is 1. The monoisotopic (exact) mass is 370 g/mol. The SMILES string of the molecule is CN(C)c1nc(-c2cccnc2)nc2ccc(-c3cccc(CCO)c3)cc12. The molecule has 2 aromatic carbocycles. The molecule has 0 amide bonds. The quantitative estimate of drug-likeness (QED) is 0.576. The van der Waals surface area contributed by atoms with Gasteiger partial charge in [-0.05, 0) is 47.4 Å². The van der Waals surface area contributed by atoms with E-state index in [0.717, 1.165) is 39.0 Å². The first-order valence-electron chi connectivity index (χ1n) is 9.25. The molecule has 140 valence electrons. The maximum atomic E-state index is 9.21. The number of aromatic nitrogens is 3. The molecule has 4 rings (SSSR count). The van der Waals surface area contributed by atoms with Crippen LogP contribution in [0, 0.1) is 0 Å². The summed E-state index contributed by atoms with van der Waals surface area (Å²) in [6, 6.07) is 18.4. The summed E-state index contributed by atoms with van der Waals surface area (Å²) in [5.74, 6) is 1.54. The van der Waals surface area contributed by atoms with Gasteiger partial charge < -0.3 is 10.0 Å². The van der Waals surface area contributed by atoms with Gasteiger partial charge in [0.25, 0.3) is 0 Å². The Hall–Kier alpha value is -3.31. The van der Waals surface area contributed by atoms with E-state index in [9.17, 15) is 5.11 Å². The summed E-state index contributed by atoms with van der Waals surface area (Å²) in [6.07, 6.45) is 4.18. The van der Waals surface area contributed by atoms with Crippen molar-refractivity contribution in [1.29, 1.82) is 0 Å². The summed E-state index contributed by atoms with van der Waals surface area (Å²) in [4.78, 5) is 15.7. The number of pyridine rings is 1. The second-order valence-corrected chi connectivity index (χ2v) is 6.91. The zero-order valence-electron chi connectivity index (χ0n) is 16.0. The van der Waals surface area contributed by atoms with Crippen LogP contribution in [0.2, 0.25) is 0 Å². The Morgan fingerprint density at radius 3 is 2.46 bits per heavy atom. The van der Waals surface area contributed by atoms with E-state index in [1.807, 2.05) is 49.3 Å². The number of aliphatic hydroxyl groups is 1. The molecule has 0 saturated heterocycles. The van der Waals surface area contributed by atoms with Gasteiger partial charge in [0, 0.05) is 44.0 Å². The minimum Gasteiger partial charge on any atom is -0.396 e. The lowest BCUT2D eigenvalue weighted by Gasteiger charge is -2.16. The molecule has 28 heavy (non-hydrogen) atoms. The fraction of sp³-hybridized carbons (Fsp3) is 0.174. The molecule has 0 bridgehead atoms. The van der Waals surface area contributed by atoms with Gasteiger partial charge in [-0.2, -0.15) is 0 Å². The van der Waals surface area contributed by atoms with Crippen molar-refractivity contribution < 1.29 is 5.11 Å². The maximum absolute atomic E-state index is 9.21. The van der Waals surface area contributed by atoms with Gasteiger partial charge in [0.15, 0.2) is 5.82 Å². The van der Waals surface area contributed by atoms with E-state index in [1.54, 1.807) is 12.4 Å². The summed E-state index contributed by atoms with van der Waals surface area (Å²) < 4.78 is 0. The van der Waals surface area contributed by atoms with Gasteiger partial charge >= 0.3 is 0 Å². The maximum Gasteiger partial charge on any atom is 0.163 e. The van der Waals surface area contributed by atoms with Crippen LogP contribution in [0.15, 0.2) is 67.0 Å². The van der Waals surface area contributed by atoms with Gasteiger partial charge in [0.05, 0.1) is 5.52 Å². The Labute approximate surface area is 164 Å². The number of benzene rings is 2. The predicted octanol–water partition coefficient (Wildman–Crippen LogP) is 3.96. The van der Waals surface area contributed by atoms with E-state index in [0.29, 0.717) is 12.2 Å². The Kier molecular flexibility index (Phi) is 5.00. The van der Waals surface area contributed by atoms with Gasteiger partial charge in [-0.25, -0.2) is 9.97 Å². The topological polar surface area (TPSA) is 62.1 Å². The Balaban J connectivity index is 1.85. The predicted molar refractivity (Wildman–Crippen MR) is 113 cm³/mol. The van der Waals surface area contributed by atoms with E-state index in [4.69, 9.17) is 9.97 Å². The van der Waals surface area contributed by atoms with Crippen LogP contribution in [-0.4, -0.2) is 40.8 Å². The number of rotatable bonds is 5. The Morgan fingerprint density at radius 1 is 0.893 bits per heavy atom. The first-order valence-corrected chi connectivity index (χ1v) is 9.25. The standard InChI is InChI=1S/C23H22N4O/c1-27(2)23-20-14-18(17-6-3-5-16(13-17)10-12-28)8-9-21(20)25-22(26-23)19-7-4-11-24-15-19/h3-9,11,13-15,28H,10,12H2,1-2H3. The van der Waals surface area contributed by atoms with Crippen LogP contribution < -0.4 is 4.90 Å². The van der Waals surface area contributed by atoms with Crippen LogP contribution >= 0.6 is 0 Å². The lowest BCUT2D eigenvalue weighted by molar-refractivity contribution is 0.299. The van der Waals surface area contributed by atoms with Crippen LogP contribution in [-0.2, 0) is 6.42 Å². The molecule has 0 aliphatic rings. The summed E-state index contributed by atoms with van der Waals surface area (Å²) in [5, 5.41) is 10.2. The molecule has 5 nitrogen and oxygen atoms in total. The molecule has 0 saturated carbocycles. The zero-order chi connectivity index (χ0) is 19.5. The third-order valence-electron chi connectivity index (χ3n) is 4.68. The molecule has 0 aliphatic heterocycles. The average molecular weight is 370 g/mol. The smallest absolute Gasteiger partial charge is 0.163 e. The van der Waals surface area contributed by atoms with E-state index < -0.39 is 0 Å². The molecule has 2 heterocycles. The van der Waals surface area contributed by atoms with Crippen LogP contribution in [0.3, 0.4) is 0 Å². The molecule has 0 unspecified atom stereocenters. The minimum atomic E-state index is 0.150. The summed E-state index contributed by atoms with van der Waals surface area (Å²) in [7, 11) is 3.98. The van der Waals surface area contributed by atoms with E-state index >= 15 is 0 Å². The number of hydrogen-bond donors (Lipinski definition) is 1. The van der Waals surface area contributed by atoms with Crippen molar-refractivity contribution in [3.63, 3.8) is 0 Å². The highest BCUT2D eigenvalue weighted by molar-refractivity contribution is 5.94. The molecule has 0 radical (unpaired) electrons. The lowest BCUT2D eigenvalue weighted by Crippen LogP contribution is -2.12. The number of fused-ring (bicyclic) bond motifs is 1. The fourth-order valence-corrected chi connectivity index (χ4v) is 3.29. The highest BCUT2D eigenvalue weighted by Gasteiger charge is 2.12. The minimum absolute atomic E-state index is 0.150. The zero-order valence-corrected chi connectivity index (χ0v) is 16.0. The number of hydrogen-bond acceptors (Lipinski definition) is 5. The molecule has 0 aliphatic carbocycles. The summed E-state index contributed by atoms with van der Waals surface area (Å²) in [6.45, 7) is 0.150. The average Bonchev–Trinajstić information content (AvgIpc) is 2.73. The van der Waals surface area contributed by atoms with Crippen molar-refractivity contribution in [2.24, 2.45) is 0 Å². The Morgan fingerprint density at radius 2 is 1.71 bits per heavy atom. The largest absolute Gasteiger partial charge is 0.396 e. The molecule has 5 heteroatoms. The van der Waals surface area contributed by atoms with Crippen molar-refractivity contribution >= 4 is 16.7 Å². The van der Waals surface area contributed by atoms with Crippen molar-refractivity contribution in [3.05, 3.63) is 72.6 Å². The molecule has 1 N–H and O–H groups in total. The summed E-state index contributed by atoms with van der Waals surface area (Å²) in [5.41, 5.74) is 5.14. The van der Waals surface area contributed by atoms with Gasteiger partial charge in [-0.3, -0.25) is 4.98 Å². The molecule has 2 aromatic heterocycles. The number of nitrogens with zero attached hydrogens (tertiary/aromatic N) is 4. The fourth-order valence-electron chi connectivity index (χ4n) is 3.29. The van der Waals surface area contributed by atoms with Crippen LogP contribution in [0.25, 0.3) is 33.4 Å². The second-order valence-electron chi connectivity index (χ2n) is 6.91. The first-order chi connectivity index (χ1) is 13.7. The molecular weight excluding hydrogens is 348 g/mol. The van der Waals surface area contributed by atoms with Crippen LogP contribution in [0.5, 0.6) is 0 Å². The van der Waals surface area contributed by atoms with Gasteiger partial charge in [-0.1, -0.05) is 30.3 Å². The third-order valence-corrected chi connectivity index (χ3v) is 4.68. The molecule has 0 atom stereocenters. The van der Waals surface area contributed by atoms with Crippen molar-refractivity contribution in [1.82, 2.24) is 15.0 Å². The van der Waals surface area contributed by atoms with Gasteiger partial charge in [-0.15, -0.1) is 0 Å². The first kappa shape index (κ1) is 18.1. The molecule has 0 fully saturated rings. The highest BCUT2D eigenvalue weighted by Crippen LogP contribution is 2.31. The molecule has 4 aromatic rings. The van der Waals surface area contributed by atoms with Crippen molar-refractivity contribution in [3.8, 4) is 22.5 Å². The third kappa shape index (κ3) is 3.57. The van der Waals surface area contributed by atoms with Crippen molar-refractivity contribution in [2.45, 2.75) is 6.42 Å². The Bertz CT molecular complexity index is 1110. The van der Waals surface area contributed by atoms with Crippen molar-refractivity contribution in [2.75, 3.05) is 25.6 Å². The van der Waals surface area contributed by atoms with E-state index in [1.165, 1.54) is 0 Å². The lowest BCUT2D eigenvalue weighted by atomic mass is 10.00. The van der Waals surface area contributed by atoms with E-state index in [-0.39, 0.29) is 6.61 Å². The molecule has 0 spiro atoms. The normalized spacial score (nSPS) is 11.0. The van der Waals surface area contributed by atoms with Crippen LogP contribution in [0.1, 0.15) is 5.56 Å². The number of anilines is 1. The van der Waals surface area contributed by atoms with Crippen LogP contribution in [0.4, 0.5) is 5.82 Å². The molecular formula is C23H22N4O. The second kappa shape index (κ2) is 7.74.